The van der Waals surface area contributed by atoms with Gasteiger partial charge in [-0.2, -0.15) is 0 Å². The minimum absolute atomic E-state index is 0.0134. The van der Waals surface area contributed by atoms with E-state index in [2.05, 4.69) is 5.32 Å². The summed E-state index contributed by atoms with van der Waals surface area (Å²) in [5, 5.41) is 4.46. The van der Waals surface area contributed by atoms with Gasteiger partial charge in [-0.05, 0) is 32.0 Å². The van der Waals surface area contributed by atoms with Crippen LogP contribution in [-0.4, -0.2) is 4.57 Å². The van der Waals surface area contributed by atoms with Gasteiger partial charge in [0.1, 0.15) is 11.3 Å². The Labute approximate surface area is 123 Å². The van der Waals surface area contributed by atoms with Gasteiger partial charge in [-0.3, -0.25) is 4.79 Å². The predicted molar refractivity (Wildman–Crippen MR) is 84.6 cm³/mol. The second kappa shape index (κ2) is 5.48. The van der Waals surface area contributed by atoms with E-state index in [9.17, 15) is 4.79 Å². The highest BCUT2D eigenvalue weighted by molar-refractivity contribution is 5.77. The van der Waals surface area contributed by atoms with Gasteiger partial charge in [-0.25, -0.2) is 0 Å². The van der Waals surface area contributed by atoms with Crippen molar-refractivity contribution in [2.75, 3.05) is 5.32 Å². The maximum atomic E-state index is 11.6. The molecule has 0 bridgehead atoms. The number of nitrogens with zero attached hydrogens (tertiary/aromatic N) is 1. The fourth-order valence-electron chi connectivity index (χ4n) is 2.40. The Morgan fingerprint density at radius 3 is 2.81 bits per heavy atom. The molecule has 0 aliphatic carbocycles. The van der Waals surface area contributed by atoms with Crippen LogP contribution in [0.15, 0.2) is 57.9 Å². The lowest BCUT2D eigenvalue weighted by molar-refractivity contribution is 0.526. The largest absolute Gasteiger partial charge is 0.459 e. The molecule has 2 aromatic heterocycles. The third kappa shape index (κ3) is 2.70. The monoisotopic (exact) mass is 282 g/mol. The number of aryl methyl sites for hydroxylation is 1. The van der Waals surface area contributed by atoms with Crippen molar-refractivity contribution in [1.29, 1.82) is 0 Å². The van der Waals surface area contributed by atoms with Crippen molar-refractivity contribution in [2.45, 2.75) is 26.4 Å². The van der Waals surface area contributed by atoms with Crippen LogP contribution in [0.1, 0.15) is 25.6 Å². The molecule has 0 spiro atoms. The highest BCUT2D eigenvalue weighted by Crippen LogP contribution is 2.25. The molecule has 1 unspecified atom stereocenters. The number of hydrogen-bond donors (Lipinski definition) is 1. The molecule has 21 heavy (non-hydrogen) atoms. The molecule has 0 fully saturated rings. The normalized spacial score (nSPS) is 12.5. The van der Waals surface area contributed by atoms with Crippen LogP contribution in [-0.2, 0) is 6.54 Å². The van der Waals surface area contributed by atoms with Crippen LogP contribution >= 0.6 is 0 Å². The summed E-state index contributed by atoms with van der Waals surface area (Å²) in [4.78, 5) is 11.6. The molecule has 4 nitrogen and oxygen atoms in total. The minimum atomic E-state index is 0.0134. The third-order valence-corrected chi connectivity index (χ3v) is 3.58. The molecule has 0 aliphatic rings. The molecule has 4 heteroatoms. The van der Waals surface area contributed by atoms with Crippen LogP contribution in [0.4, 0.5) is 5.69 Å². The molecule has 0 aliphatic heterocycles. The van der Waals surface area contributed by atoms with Crippen molar-refractivity contribution in [2.24, 2.45) is 0 Å². The topological polar surface area (TPSA) is 47.2 Å². The number of fused-ring (bicyclic) bond motifs is 1. The number of para-hydroxylation sites is 1. The number of nitrogens with one attached hydrogen (secondary N) is 1. The summed E-state index contributed by atoms with van der Waals surface area (Å²) in [7, 11) is 0. The first-order chi connectivity index (χ1) is 10.2. The highest BCUT2D eigenvalue weighted by Gasteiger charge is 2.11. The second-order valence-corrected chi connectivity index (χ2v) is 5.09. The predicted octanol–water partition coefficient (Wildman–Crippen LogP) is 3.79. The molecule has 0 amide bonds. The van der Waals surface area contributed by atoms with E-state index in [0.717, 1.165) is 22.4 Å². The maximum Gasteiger partial charge on any atom is 0.250 e. The lowest BCUT2D eigenvalue weighted by Crippen LogP contribution is -2.18. The number of furan rings is 1. The van der Waals surface area contributed by atoms with E-state index in [1.807, 2.05) is 50.4 Å². The van der Waals surface area contributed by atoms with Crippen molar-refractivity contribution in [3.8, 4) is 0 Å². The van der Waals surface area contributed by atoms with Crippen molar-refractivity contribution in [3.05, 3.63) is 64.8 Å². The zero-order chi connectivity index (χ0) is 14.8. The van der Waals surface area contributed by atoms with Gasteiger partial charge in [0.25, 0.3) is 5.56 Å². The third-order valence-electron chi connectivity index (χ3n) is 3.58. The van der Waals surface area contributed by atoms with E-state index >= 15 is 0 Å². The Hall–Kier alpha value is -2.49. The summed E-state index contributed by atoms with van der Waals surface area (Å²) in [5.74, 6) is 0.880. The van der Waals surface area contributed by atoms with E-state index in [4.69, 9.17) is 4.42 Å². The maximum absolute atomic E-state index is 11.6. The van der Waals surface area contributed by atoms with Gasteiger partial charge in [0, 0.05) is 24.2 Å². The zero-order valence-corrected chi connectivity index (χ0v) is 12.2. The smallest absolute Gasteiger partial charge is 0.250 e. The molecule has 3 aromatic rings. The van der Waals surface area contributed by atoms with Gasteiger partial charge in [-0.1, -0.05) is 18.2 Å². The highest BCUT2D eigenvalue weighted by atomic mass is 16.3. The molecule has 1 aromatic carbocycles. The SMILES string of the molecule is CCn1cc(NC(C)c2cc3ccccc3o2)ccc1=O. The Morgan fingerprint density at radius 1 is 1.24 bits per heavy atom. The molecular formula is C17H18N2O2. The van der Waals surface area contributed by atoms with Gasteiger partial charge >= 0.3 is 0 Å². The van der Waals surface area contributed by atoms with Crippen LogP contribution in [0.3, 0.4) is 0 Å². The second-order valence-electron chi connectivity index (χ2n) is 5.09. The van der Waals surface area contributed by atoms with Crippen molar-refractivity contribution >= 4 is 16.7 Å². The summed E-state index contributed by atoms with van der Waals surface area (Å²) in [6, 6.07) is 13.4. The Bertz CT molecular complexity index is 784. The summed E-state index contributed by atoms with van der Waals surface area (Å²) >= 11 is 0. The van der Waals surface area contributed by atoms with Crippen LogP contribution in [0.25, 0.3) is 11.0 Å². The molecular weight excluding hydrogens is 264 g/mol. The molecule has 1 atom stereocenters. The average Bonchev–Trinajstić information content (AvgIpc) is 2.93. The molecule has 108 valence electrons. The lowest BCUT2D eigenvalue weighted by Gasteiger charge is -2.14. The Kier molecular flexibility index (Phi) is 3.52. The summed E-state index contributed by atoms with van der Waals surface area (Å²) in [6.07, 6.45) is 1.83. The molecule has 2 heterocycles. The van der Waals surface area contributed by atoms with E-state index in [1.54, 1.807) is 16.7 Å². The first kappa shape index (κ1) is 13.5. The van der Waals surface area contributed by atoms with E-state index < -0.39 is 0 Å². The van der Waals surface area contributed by atoms with Crippen molar-refractivity contribution in [1.82, 2.24) is 4.57 Å². The molecule has 0 saturated heterocycles. The Morgan fingerprint density at radius 2 is 2.05 bits per heavy atom. The summed E-state index contributed by atoms with van der Waals surface area (Å²) < 4.78 is 7.53. The van der Waals surface area contributed by atoms with Crippen LogP contribution in [0.2, 0.25) is 0 Å². The van der Waals surface area contributed by atoms with Crippen LogP contribution in [0, 0.1) is 0 Å². The lowest BCUT2D eigenvalue weighted by atomic mass is 10.2. The number of aromatic nitrogens is 1. The summed E-state index contributed by atoms with van der Waals surface area (Å²) in [6.45, 7) is 4.65. The van der Waals surface area contributed by atoms with E-state index in [0.29, 0.717) is 6.54 Å². The molecule has 3 rings (SSSR count). The van der Waals surface area contributed by atoms with Gasteiger partial charge in [0.05, 0.1) is 11.7 Å². The molecule has 0 radical (unpaired) electrons. The van der Waals surface area contributed by atoms with Gasteiger partial charge < -0.3 is 14.3 Å². The van der Waals surface area contributed by atoms with Gasteiger partial charge in [-0.15, -0.1) is 0 Å². The number of pyridine rings is 1. The van der Waals surface area contributed by atoms with Crippen LogP contribution in [0.5, 0.6) is 0 Å². The minimum Gasteiger partial charge on any atom is -0.459 e. The quantitative estimate of drug-likeness (QED) is 0.792. The number of hydrogen-bond acceptors (Lipinski definition) is 3. The molecule has 0 saturated carbocycles. The standard InChI is InChI=1S/C17H18N2O2/c1-3-19-11-14(8-9-17(19)20)18-12(2)16-10-13-6-4-5-7-15(13)21-16/h4-12,18H,3H2,1-2H3. The molecule has 1 N–H and O–H groups in total. The fraction of sp³-hybridized carbons (Fsp3) is 0.235. The van der Waals surface area contributed by atoms with Crippen LogP contribution < -0.4 is 10.9 Å². The van der Waals surface area contributed by atoms with E-state index in [1.165, 1.54) is 0 Å². The number of anilines is 1. The van der Waals surface area contributed by atoms with Gasteiger partial charge in [0.2, 0.25) is 0 Å². The number of benzene rings is 1. The van der Waals surface area contributed by atoms with Crippen molar-refractivity contribution in [3.63, 3.8) is 0 Å². The number of rotatable bonds is 4. The van der Waals surface area contributed by atoms with Crippen molar-refractivity contribution < 1.29 is 4.42 Å². The summed E-state index contributed by atoms with van der Waals surface area (Å²) in [5.41, 5.74) is 1.81. The zero-order valence-electron chi connectivity index (χ0n) is 12.2. The first-order valence-corrected chi connectivity index (χ1v) is 7.13. The average molecular weight is 282 g/mol. The Balaban J connectivity index is 1.85. The van der Waals surface area contributed by atoms with E-state index in [-0.39, 0.29) is 11.6 Å². The van der Waals surface area contributed by atoms with Gasteiger partial charge in [0.15, 0.2) is 0 Å². The fourth-order valence-corrected chi connectivity index (χ4v) is 2.40. The first-order valence-electron chi connectivity index (χ1n) is 7.13.